The van der Waals surface area contributed by atoms with Crippen molar-refractivity contribution >= 4 is 0 Å². The second-order valence-corrected chi connectivity index (χ2v) is 6.15. The fourth-order valence-electron chi connectivity index (χ4n) is 4.31. The van der Waals surface area contributed by atoms with E-state index in [0.717, 1.165) is 25.0 Å². The summed E-state index contributed by atoms with van der Waals surface area (Å²) in [5.41, 5.74) is 2.64. The highest BCUT2D eigenvalue weighted by atomic mass is 16.7. The zero-order chi connectivity index (χ0) is 15.0. The maximum Gasteiger partial charge on any atom is 0.162 e. The molecule has 0 heterocycles. The van der Waals surface area contributed by atoms with E-state index in [2.05, 4.69) is 6.07 Å². The van der Waals surface area contributed by atoms with Gasteiger partial charge in [-0.3, -0.25) is 0 Å². The van der Waals surface area contributed by atoms with Crippen LogP contribution in [0.1, 0.15) is 17.5 Å². The standard InChI is InChI=1S/C17H24O4/c1-19-15-6-4-5-10-7-13-11(8-12(10)15)9-14(18)16(13)17(20-2)21-3/h4-6,11,13-14,16-18H,7-9H2,1-3H3/t11?,13-,14+,16-/m0/s1. The summed E-state index contributed by atoms with van der Waals surface area (Å²) >= 11 is 0. The van der Waals surface area contributed by atoms with Crippen molar-refractivity contribution in [3.8, 4) is 5.75 Å². The smallest absolute Gasteiger partial charge is 0.162 e. The predicted octanol–water partition coefficient (Wildman–Crippen LogP) is 2.03. The molecular weight excluding hydrogens is 268 g/mol. The molecule has 0 spiro atoms. The van der Waals surface area contributed by atoms with Gasteiger partial charge in [-0.1, -0.05) is 12.1 Å². The van der Waals surface area contributed by atoms with Gasteiger partial charge in [-0.2, -0.15) is 0 Å². The van der Waals surface area contributed by atoms with Gasteiger partial charge in [-0.05, 0) is 48.3 Å². The Labute approximate surface area is 126 Å². The van der Waals surface area contributed by atoms with Crippen molar-refractivity contribution in [1.82, 2.24) is 0 Å². The fourth-order valence-corrected chi connectivity index (χ4v) is 4.31. The van der Waals surface area contributed by atoms with Gasteiger partial charge in [0.2, 0.25) is 0 Å². The molecule has 116 valence electrons. The van der Waals surface area contributed by atoms with Crippen molar-refractivity contribution in [1.29, 1.82) is 0 Å². The molecule has 4 heteroatoms. The van der Waals surface area contributed by atoms with Crippen molar-refractivity contribution < 1.29 is 19.3 Å². The van der Waals surface area contributed by atoms with E-state index in [0.29, 0.717) is 11.8 Å². The van der Waals surface area contributed by atoms with E-state index in [1.165, 1.54) is 11.1 Å². The van der Waals surface area contributed by atoms with Crippen LogP contribution in [0.15, 0.2) is 18.2 Å². The van der Waals surface area contributed by atoms with Gasteiger partial charge in [0.15, 0.2) is 6.29 Å². The van der Waals surface area contributed by atoms with Gasteiger partial charge < -0.3 is 19.3 Å². The number of hydrogen-bond acceptors (Lipinski definition) is 4. The first kappa shape index (κ1) is 14.8. The van der Waals surface area contributed by atoms with Crippen LogP contribution in [0, 0.1) is 17.8 Å². The van der Waals surface area contributed by atoms with Crippen LogP contribution in [0.4, 0.5) is 0 Å². The van der Waals surface area contributed by atoms with E-state index in [9.17, 15) is 5.11 Å². The first-order valence-corrected chi connectivity index (χ1v) is 7.58. The third-order valence-corrected chi connectivity index (χ3v) is 5.24. The Bertz CT molecular complexity index is 498. The highest BCUT2D eigenvalue weighted by Crippen LogP contribution is 2.48. The van der Waals surface area contributed by atoms with Gasteiger partial charge in [0.1, 0.15) is 5.75 Å². The number of benzene rings is 1. The number of methoxy groups -OCH3 is 3. The Morgan fingerprint density at radius 3 is 2.57 bits per heavy atom. The maximum absolute atomic E-state index is 10.5. The molecule has 3 rings (SSSR count). The molecular formula is C17H24O4. The second kappa shape index (κ2) is 5.95. The van der Waals surface area contributed by atoms with Gasteiger partial charge in [0, 0.05) is 20.1 Å². The number of ether oxygens (including phenoxy) is 3. The third kappa shape index (κ3) is 2.45. The zero-order valence-corrected chi connectivity index (χ0v) is 12.9. The first-order chi connectivity index (χ1) is 10.2. The minimum atomic E-state index is -0.356. The lowest BCUT2D eigenvalue weighted by molar-refractivity contribution is -0.165. The third-order valence-electron chi connectivity index (χ3n) is 5.24. The molecule has 1 N–H and O–H groups in total. The number of fused-ring (bicyclic) bond motifs is 2. The molecule has 0 radical (unpaired) electrons. The number of hydrogen-bond donors (Lipinski definition) is 1. The molecule has 1 unspecified atom stereocenters. The number of rotatable bonds is 4. The molecule has 1 aromatic carbocycles. The molecule has 0 amide bonds. The molecule has 0 saturated heterocycles. The van der Waals surface area contributed by atoms with Gasteiger partial charge in [0.25, 0.3) is 0 Å². The lowest BCUT2D eigenvalue weighted by atomic mass is 9.74. The summed E-state index contributed by atoms with van der Waals surface area (Å²) in [5, 5.41) is 10.5. The zero-order valence-electron chi connectivity index (χ0n) is 12.9. The molecule has 2 aliphatic rings. The molecule has 2 aliphatic carbocycles. The minimum Gasteiger partial charge on any atom is -0.496 e. The Hall–Kier alpha value is -1.10. The molecule has 0 bridgehead atoms. The van der Waals surface area contributed by atoms with Crippen LogP contribution in [0.25, 0.3) is 0 Å². The SMILES string of the molecule is COc1cccc2c1CC1C[C@@H](O)[C@@H](C(OC)OC)[C@H]1C2. The average Bonchev–Trinajstić information content (AvgIpc) is 2.81. The monoisotopic (exact) mass is 292 g/mol. The second-order valence-electron chi connectivity index (χ2n) is 6.15. The Morgan fingerprint density at radius 2 is 1.90 bits per heavy atom. The topological polar surface area (TPSA) is 47.9 Å². The molecule has 1 aromatic rings. The van der Waals surface area contributed by atoms with Crippen molar-refractivity contribution in [3.05, 3.63) is 29.3 Å². The van der Waals surface area contributed by atoms with Crippen LogP contribution in [-0.2, 0) is 22.3 Å². The summed E-state index contributed by atoms with van der Waals surface area (Å²) in [6.45, 7) is 0. The van der Waals surface area contributed by atoms with E-state index >= 15 is 0 Å². The van der Waals surface area contributed by atoms with Crippen LogP contribution in [0.3, 0.4) is 0 Å². The molecule has 1 saturated carbocycles. The van der Waals surface area contributed by atoms with Crippen molar-refractivity contribution in [2.45, 2.75) is 31.7 Å². The van der Waals surface area contributed by atoms with Crippen LogP contribution in [-0.4, -0.2) is 38.8 Å². The normalized spacial score (nSPS) is 31.1. The highest BCUT2D eigenvalue weighted by molar-refractivity contribution is 5.43. The van der Waals surface area contributed by atoms with Crippen LogP contribution in [0.2, 0.25) is 0 Å². The Balaban J connectivity index is 1.90. The summed E-state index contributed by atoms with van der Waals surface area (Å²) in [5.74, 6) is 1.90. The van der Waals surface area contributed by atoms with Crippen molar-refractivity contribution in [3.63, 3.8) is 0 Å². The summed E-state index contributed by atoms with van der Waals surface area (Å²) in [6.07, 6.45) is 2.06. The van der Waals surface area contributed by atoms with Gasteiger partial charge >= 0.3 is 0 Å². The largest absolute Gasteiger partial charge is 0.496 e. The Kier molecular flexibility index (Phi) is 4.20. The average molecular weight is 292 g/mol. The van der Waals surface area contributed by atoms with Crippen molar-refractivity contribution in [2.24, 2.45) is 17.8 Å². The molecule has 0 aliphatic heterocycles. The molecule has 21 heavy (non-hydrogen) atoms. The fraction of sp³-hybridized carbons (Fsp3) is 0.647. The first-order valence-electron chi connectivity index (χ1n) is 7.58. The molecule has 4 nitrogen and oxygen atoms in total. The van der Waals surface area contributed by atoms with E-state index in [-0.39, 0.29) is 18.3 Å². The van der Waals surface area contributed by atoms with Crippen molar-refractivity contribution in [2.75, 3.05) is 21.3 Å². The maximum atomic E-state index is 10.5. The van der Waals surface area contributed by atoms with E-state index in [1.807, 2.05) is 12.1 Å². The van der Waals surface area contributed by atoms with E-state index in [1.54, 1.807) is 21.3 Å². The van der Waals surface area contributed by atoms with Crippen LogP contribution in [0.5, 0.6) is 5.75 Å². The predicted molar refractivity (Wildman–Crippen MR) is 79.3 cm³/mol. The summed E-state index contributed by atoms with van der Waals surface area (Å²) in [4.78, 5) is 0. The molecule has 1 fully saturated rings. The highest BCUT2D eigenvalue weighted by Gasteiger charge is 2.48. The van der Waals surface area contributed by atoms with E-state index < -0.39 is 0 Å². The molecule has 0 aromatic heterocycles. The lowest BCUT2D eigenvalue weighted by Gasteiger charge is -2.34. The minimum absolute atomic E-state index is 0.0457. The lowest BCUT2D eigenvalue weighted by Crippen LogP contribution is -2.37. The van der Waals surface area contributed by atoms with Gasteiger partial charge in [-0.15, -0.1) is 0 Å². The molecule has 4 atom stereocenters. The summed E-state index contributed by atoms with van der Waals surface area (Å²) < 4.78 is 16.4. The van der Waals surface area contributed by atoms with Gasteiger partial charge in [-0.25, -0.2) is 0 Å². The van der Waals surface area contributed by atoms with Crippen LogP contribution >= 0.6 is 0 Å². The van der Waals surface area contributed by atoms with Gasteiger partial charge in [0.05, 0.1) is 13.2 Å². The summed E-state index contributed by atoms with van der Waals surface area (Å²) in [6, 6.07) is 6.24. The van der Waals surface area contributed by atoms with E-state index in [4.69, 9.17) is 14.2 Å². The number of aliphatic hydroxyl groups is 1. The van der Waals surface area contributed by atoms with Crippen LogP contribution < -0.4 is 4.74 Å². The summed E-state index contributed by atoms with van der Waals surface area (Å²) in [7, 11) is 5.02. The Morgan fingerprint density at radius 1 is 1.14 bits per heavy atom. The number of aliphatic hydroxyl groups excluding tert-OH is 1. The quantitative estimate of drug-likeness (QED) is 0.863.